The van der Waals surface area contributed by atoms with Crippen LogP contribution in [0.3, 0.4) is 0 Å². The van der Waals surface area contributed by atoms with Crippen LogP contribution in [0.15, 0.2) is 11.5 Å². The highest BCUT2D eigenvalue weighted by molar-refractivity contribution is 7.89. The standard InChI is InChI=1S/C4H6O3S/c1-4-2-3-8(5,6)7-4/h2-4H,1H3. The molecular formula is C4H6O3S. The Balaban J connectivity index is 2.89. The van der Waals surface area contributed by atoms with Crippen molar-refractivity contribution < 1.29 is 12.6 Å². The quantitative estimate of drug-likeness (QED) is 0.446. The highest BCUT2D eigenvalue weighted by atomic mass is 32.2. The summed E-state index contributed by atoms with van der Waals surface area (Å²) < 4.78 is 25.1. The molecule has 3 nitrogen and oxygen atoms in total. The lowest BCUT2D eigenvalue weighted by atomic mass is 10.4. The zero-order valence-electron chi connectivity index (χ0n) is 4.37. The van der Waals surface area contributed by atoms with Gasteiger partial charge in [0, 0.05) is 0 Å². The molecule has 1 heterocycles. The zero-order valence-corrected chi connectivity index (χ0v) is 5.18. The van der Waals surface area contributed by atoms with Crippen LogP contribution in [-0.2, 0) is 14.3 Å². The molecule has 0 saturated heterocycles. The maximum Gasteiger partial charge on any atom is 0.290 e. The van der Waals surface area contributed by atoms with Gasteiger partial charge in [0.05, 0.1) is 11.5 Å². The molecule has 0 spiro atoms. The van der Waals surface area contributed by atoms with E-state index < -0.39 is 10.1 Å². The molecule has 0 aromatic heterocycles. The molecule has 8 heavy (non-hydrogen) atoms. The highest BCUT2D eigenvalue weighted by Gasteiger charge is 2.16. The first-order valence-electron chi connectivity index (χ1n) is 2.22. The van der Waals surface area contributed by atoms with Crippen LogP contribution in [-0.4, -0.2) is 14.5 Å². The van der Waals surface area contributed by atoms with Gasteiger partial charge in [-0.25, -0.2) is 0 Å². The predicted octanol–water partition coefficient (Wildman–Crippen LogP) is 0.249. The second kappa shape index (κ2) is 1.56. The summed E-state index contributed by atoms with van der Waals surface area (Å²) in [7, 11) is -3.28. The summed E-state index contributed by atoms with van der Waals surface area (Å²) in [4.78, 5) is 0. The van der Waals surface area contributed by atoms with Gasteiger partial charge in [-0.2, -0.15) is 8.42 Å². The fraction of sp³-hybridized carbons (Fsp3) is 0.500. The van der Waals surface area contributed by atoms with Crippen molar-refractivity contribution >= 4 is 10.1 Å². The molecule has 1 aliphatic heterocycles. The Morgan fingerprint density at radius 2 is 2.25 bits per heavy atom. The topological polar surface area (TPSA) is 43.4 Å². The van der Waals surface area contributed by atoms with Gasteiger partial charge in [0.2, 0.25) is 0 Å². The van der Waals surface area contributed by atoms with E-state index in [1.165, 1.54) is 6.08 Å². The first-order valence-corrected chi connectivity index (χ1v) is 3.69. The average Bonchev–Trinajstić information content (AvgIpc) is 1.82. The Labute approximate surface area is 48.1 Å². The third kappa shape index (κ3) is 1.08. The van der Waals surface area contributed by atoms with E-state index in [0.29, 0.717) is 0 Å². The Hall–Kier alpha value is -0.350. The SMILES string of the molecule is CC1C=CS(=O)(=O)O1. The molecule has 0 N–H and O–H groups in total. The lowest BCUT2D eigenvalue weighted by molar-refractivity contribution is 0.291. The molecule has 1 atom stereocenters. The average molecular weight is 134 g/mol. The first kappa shape index (κ1) is 5.78. The molecule has 0 fully saturated rings. The zero-order chi connectivity index (χ0) is 6.20. The van der Waals surface area contributed by atoms with Gasteiger partial charge in [-0.3, -0.25) is 4.18 Å². The van der Waals surface area contributed by atoms with Gasteiger partial charge in [-0.1, -0.05) is 0 Å². The van der Waals surface area contributed by atoms with Gasteiger partial charge in [0.25, 0.3) is 10.1 Å². The van der Waals surface area contributed by atoms with E-state index in [9.17, 15) is 8.42 Å². The molecule has 0 radical (unpaired) electrons. The molecule has 1 rings (SSSR count). The summed E-state index contributed by atoms with van der Waals surface area (Å²) in [5, 5.41) is 1.07. The normalized spacial score (nSPS) is 33.4. The molecule has 0 aromatic rings. The fourth-order valence-corrected chi connectivity index (χ4v) is 1.45. The minimum absolute atomic E-state index is 0.278. The van der Waals surface area contributed by atoms with Crippen molar-refractivity contribution in [2.45, 2.75) is 13.0 Å². The largest absolute Gasteiger partial charge is 0.290 e. The minimum Gasteiger partial charge on any atom is -0.260 e. The van der Waals surface area contributed by atoms with Gasteiger partial charge < -0.3 is 0 Å². The summed E-state index contributed by atoms with van der Waals surface area (Å²) in [6.07, 6.45) is 1.22. The summed E-state index contributed by atoms with van der Waals surface area (Å²) in [6.45, 7) is 1.67. The Morgan fingerprint density at radius 1 is 1.62 bits per heavy atom. The van der Waals surface area contributed by atoms with Crippen LogP contribution < -0.4 is 0 Å². The van der Waals surface area contributed by atoms with Crippen LogP contribution in [0.25, 0.3) is 0 Å². The monoisotopic (exact) mass is 134 g/mol. The number of hydrogen-bond acceptors (Lipinski definition) is 3. The maximum atomic E-state index is 10.3. The summed E-state index contributed by atoms with van der Waals surface area (Å²) in [6, 6.07) is 0. The van der Waals surface area contributed by atoms with E-state index in [4.69, 9.17) is 0 Å². The van der Waals surface area contributed by atoms with E-state index in [-0.39, 0.29) is 6.10 Å². The Kier molecular flexibility index (Phi) is 1.13. The lowest BCUT2D eigenvalue weighted by Gasteiger charge is -1.94. The van der Waals surface area contributed by atoms with Crippen molar-refractivity contribution in [3.05, 3.63) is 11.5 Å². The van der Waals surface area contributed by atoms with E-state index in [0.717, 1.165) is 5.41 Å². The van der Waals surface area contributed by atoms with E-state index in [2.05, 4.69) is 4.18 Å². The molecule has 1 aliphatic rings. The van der Waals surface area contributed by atoms with Crippen molar-refractivity contribution in [2.75, 3.05) is 0 Å². The molecule has 0 aliphatic carbocycles. The Morgan fingerprint density at radius 3 is 2.38 bits per heavy atom. The fourth-order valence-electron chi connectivity index (χ4n) is 0.483. The molecule has 0 saturated carbocycles. The summed E-state index contributed by atoms with van der Waals surface area (Å²) >= 11 is 0. The maximum absolute atomic E-state index is 10.3. The van der Waals surface area contributed by atoms with E-state index >= 15 is 0 Å². The molecule has 4 heteroatoms. The highest BCUT2D eigenvalue weighted by Crippen LogP contribution is 2.10. The van der Waals surface area contributed by atoms with Gasteiger partial charge >= 0.3 is 0 Å². The number of rotatable bonds is 0. The van der Waals surface area contributed by atoms with Crippen LogP contribution in [0, 0.1) is 0 Å². The lowest BCUT2D eigenvalue weighted by Crippen LogP contribution is -2.01. The molecular weight excluding hydrogens is 128 g/mol. The van der Waals surface area contributed by atoms with Crippen LogP contribution in [0.2, 0.25) is 0 Å². The van der Waals surface area contributed by atoms with Crippen LogP contribution in [0.4, 0.5) is 0 Å². The van der Waals surface area contributed by atoms with Crippen LogP contribution in [0.5, 0.6) is 0 Å². The van der Waals surface area contributed by atoms with Gasteiger partial charge in [0.1, 0.15) is 0 Å². The minimum atomic E-state index is -3.28. The van der Waals surface area contributed by atoms with Crippen molar-refractivity contribution in [3.63, 3.8) is 0 Å². The van der Waals surface area contributed by atoms with Crippen LogP contribution in [0.1, 0.15) is 6.92 Å². The van der Waals surface area contributed by atoms with Crippen molar-refractivity contribution in [1.29, 1.82) is 0 Å². The predicted molar refractivity (Wildman–Crippen MR) is 28.6 cm³/mol. The van der Waals surface area contributed by atoms with Crippen molar-refractivity contribution in [2.24, 2.45) is 0 Å². The van der Waals surface area contributed by atoms with Crippen LogP contribution >= 0.6 is 0 Å². The van der Waals surface area contributed by atoms with E-state index in [1.54, 1.807) is 6.92 Å². The smallest absolute Gasteiger partial charge is 0.260 e. The summed E-state index contributed by atoms with van der Waals surface area (Å²) in [5.74, 6) is 0. The third-order valence-electron chi connectivity index (χ3n) is 0.802. The molecule has 0 aromatic carbocycles. The first-order chi connectivity index (χ1) is 3.60. The van der Waals surface area contributed by atoms with E-state index in [1.807, 2.05) is 0 Å². The molecule has 46 valence electrons. The Bertz CT molecular complexity index is 201. The van der Waals surface area contributed by atoms with Gasteiger partial charge in [0.15, 0.2) is 0 Å². The number of hydrogen-bond donors (Lipinski definition) is 0. The van der Waals surface area contributed by atoms with Crippen molar-refractivity contribution in [3.8, 4) is 0 Å². The van der Waals surface area contributed by atoms with Crippen molar-refractivity contribution in [1.82, 2.24) is 0 Å². The molecule has 0 bridgehead atoms. The second-order valence-corrected chi connectivity index (χ2v) is 3.07. The molecule has 1 unspecified atom stereocenters. The third-order valence-corrected chi connectivity index (χ3v) is 1.86. The summed E-state index contributed by atoms with van der Waals surface area (Å²) in [5.41, 5.74) is 0. The van der Waals surface area contributed by atoms with Gasteiger partial charge in [-0.15, -0.1) is 0 Å². The molecule has 0 amide bonds. The van der Waals surface area contributed by atoms with Gasteiger partial charge in [-0.05, 0) is 13.0 Å². The second-order valence-electron chi connectivity index (χ2n) is 1.62.